The van der Waals surface area contributed by atoms with Crippen LogP contribution in [0.5, 0.6) is 0 Å². The molecule has 0 spiro atoms. The van der Waals surface area contributed by atoms with Gasteiger partial charge in [0.15, 0.2) is 0 Å². The fourth-order valence-electron chi connectivity index (χ4n) is 2.74. The van der Waals surface area contributed by atoms with Crippen LogP contribution < -0.4 is 5.32 Å². The van der Waals surface area contributed by atoms with Crippen LogP contribution in [0.15, 0.2) is 35.8 Å². The van der Waals surface area contributed by atoms with E-state index in [0.717, 1.165) is 26.1 Å². The first-order valence-electron chi connectivity index (χ1n) is 7.51. The second kappa shape index (κ2) is 7.25. The third kappa shape index (κ3) is 5.30. The molecule has 21 heavy (non-hydrogen) atoms. The Bertz CT molecular complexity index is 529. The number of nitrogens with one attached hydrogen (secondary N) is 1. The highest BCUT2D eigenvalue weighted by Crippen LogP contribution is 2.21. The minimum Gasteiger partial charge on any atom is -0.393 e. The van der Waals surface area contributed by atoms with Gasteiger partial charge in [-0.1, -0.05) is 19.9 Å². The summed E-state index contributed by atoms with van der Waals surface area (Å²) in [5.41, 5.74) is 1.41. The minimum atomic E-state index is -0.246. The average Bonchev–Trinajstić information content (AvgIpc) is 3.00. The molecule has 0 saturated carbocycles. The molecule has 1 unspecified atom stereocenters. The predicted molar refractivity (Wildman–Crippen MR) is 89.6 cm³/mol. The molecule has 4 heteroatoms. The maximum atomic E-state index is 9.53. The fourth-order valence-corrected chi connectivity index (χ4v) is 3.44. The molecule has 2 aromatic rings. The first-order valence-corrected chi connectivity index (χ1v) is 8.39. The van der Waals surface area contributed by atoms with Crippen molar-refractivity contribution in [2.75, 3.05) is 6.54 Å². The number of aromatic nitrogens is 1. The Morgan fingerprint density at radius 3 is 2.81 bits per heavy atom. The van der Waals surface area contributed by atoms with Gasteiger partial charge >= 0.3 is 0 Å². The summed E-state index contributed by atoms with van der Waals surface area (Å²) < 4.78 is 2.29. The molecule has 2 heterocycles. The highest BCUT2D eigenvalue weighted by Gasteiger charge is 2.19. The number of nitrogens with zero attached hydrogens (tertiary/aromatic N) is 1. The quantitative estimate of drug-likeness (QED) is 0.783. The minimum absolute atomic E-state index is 0.110. The van der Waals surface area contributed by atoms with E-state index >= 15 is 0 Å². The summed E-state index contributed by atoms with van der Waals surface area (Å²) in [6, 6.07) is 8.54. The predicted octanol–water partition coefficient (Wildman–Crippen LogP) is 3.48. The molecule has 1 atom stereocenters. The molecule has 0 aliphatic carbocycles. The number of thiophene rings is 1. The Labute approximate surface area is 131 Å². The van der Waals surface area contributed by atoms with E-state index in [4.69, 9.17) is 0 Å². The van der Waals surface area contributed by atoms with E-state index in [0.29, 0.717) is 0 Å². The summed E-state index contributed by atoms with van der Waals surface area (Å²) in [6.07, 6.45) is 2.71. The van der Waals surface area contributed by atoms with Gasteiger partial charge in [0.1, 0.15) is 0 Å². The molecule has 3 nitrogen and oxygen atoms in total. The fraction of sp³-hybridized carbons (Fsp3) is 0.529. The standard InChI is InChI=1S/C17H26N2OS/c1-14(20)10-17(2,3)13-18-11-15-6-4-8-19(15)12-16-7-5-9-21-16/h4-9,14,18,20H,10-13H2,1-3H3. The van der Waals surface area contributed by atoms with Crippen molar-refractivity contribution >= 4 is 11.3 Å². The van der Waals surface area contributed by atoms with E-state index in [1.165, 1.54) is 10.6 Å². The first kappa shape index (κ1) is 16.3. The number of aliphatic hydroxyl groups is 1. The Kier molecular flexibility index (Phi) is 5.62. The van der Waals surface area contributed by atoms with E-state index < -0.39 is 0 Å². The van der Waals surface area contributed by atoms with Crippen LogP contribution in [0.4, 0.5) is 0 Å². The molecule has 0 fully saturated rings. The van der Waals surface area contributed by atoms with Gasteiger partial charge in [0.05, 0.1) is 12.6 Å². The molecule has 116 valence electrons. The van der Waals surface area contributed by atoms with Crippen LogP contribution >= 0.6 is 11.3 Å². The van der Waals surface area contributed by atoms with Gasteiger partial charge in [-0.05, 0) is 42.3 Å². The van der Waals surface area contributed by atoms with Gasteiger partial charge in [0.25, 0.3) is 0 Å². The topological polar surface area (TPSA) is 37.2 Å². The molecule has 0 bridgehead atoms. The lowest BCUT2D eigenvalue weighted by atomic mass is 9.87. The van der Waals surface area contributed by atoms with Crippen LogP contribution in [-0.4, -0.2) is 22.3 Å². The highest BCUT2D eigenvalue weighted by molar-refractivity contribution is 7.09. The van der Waals surface area contributed by atoms with E-state index in [9.17, 15) is 5.11 Å². The molecule has 2 N–H and O–H groups in total. The third-order valence-corrected chi connectivity index (χ3v) is 4.45. The van der Waals surface area contributed by atoms with E-state index in [1.54, 1.807) is 11.3 Å². The summed E-state index contributed by atoms with van der Waals surface area (Å²) >= 11 is 1.80. The summed E-state index contributed by atoms with van der Waals surface area (Å²) in [5, 5.41) is 15.2. The summed E-state index contributed by atoms with van der Waals surface area (Å²) in [6.45, 7) is 8.95. The molecule has 0 aliphatic rings. The normalized spacial score (nSPS) is 13.5. The van der Waals surface area contributed by atoms with Crippen LogP contribution in [0.1, 0.15) is 37.8 Å². The van der Waals surface area contributed by atoms with Crippen molar-refractivity contribution in [1.82, 2.24) is 9.88 Å². The molecule has 2 aromatic heterocycles. The van der Waals surface area contributed by atoms with Crippen LogP contribution in [-0.2, 0) is 13.1 Å². The van der Waals surface area contributed by atoms with E-state index in [-0.39, 0.29) is 11.5 Å². The monoisotopic (exact) mass is 306 g/mol. The van der Waals surface area contributed by atoms with Crippen molar-refractivity contribution in [3.05, 3.63) is 46.4 Å². The molecule has 0 aliphatic heterocycles. The molecule has 0 aromatic carbocycles. The zero-order valence-corrected chi connectivity index (χ0v) is 14.0. The van der Waals surface area contributed by atoms with Gasteiger partial charge in [0.2, 0.25) is 0 Å². The summed E-state index contributed by atoms with van der Waals surface area (Å²) in [4.78, 5) is 1.38. The number of hydrogen-bond acceptors (Lipinski definition) is 3. The number of aliphatic hydroxyl groups excluding tert-OH is 1. The Hall–Kier alpha value is -1.10. The Morgan fingerprint density at radius 1 is 1.33 bits per heavy atom. The number of rotatable bonds is 8. The van der Waals surface area contributed by atoms with Gasteiger partial charge in [0, 0.05) is 29.9 Å². The second-order valence-corrected chi connectivity index (χ2v) is 7.56. The van der Waals surface area contributed by atoms with Crippen molar-refractivity contribution in [3.63, 3.8) is 0 Å². The Morgan fingerprint density at radius 2 is 2.14 bits per heavy atom. The summed E-state index contributed by atoms with van der Waals surface area (Å²) in [7, 11) is 0. The lowest BCUT2D eigenvalue weighted by Gasteiger charge is -2.26. The van der Waals surface area contributed by atoms with Gasteiger partial charge in [-0.2, -0.15) is 0 Å². The van der Waals surface area contributed by atoms with Crippen LogP contribution in [0, 0.1) is 5.41 Å². The first-order chi connectivity index (χ1) is 9.96. The zero-order chi connectivity index (χ0) is 15.3. The molecular weight excluding hydrogens is 280 g/mol. The Balaban J connectivity index is 1.85. The molecule has 0 amide bonds. The maximum Gasteiger partial charge on any atom is 0.0566 e. The van der Waals surface area contributed by atoms with Gasteiger partial charge in [-0.3, -0.25) is 0 Å². The third-order valence-electron chi connectivity index (χ3n) is 3.59. The smallest absolute Gasteiger partial charge is 0.0566 e. The molecular formula is C17H26N2OS. The lowest BCUT2D eigenvalue weighted by Crippen LogP contribution is -2.32. The average molecular weight is 306 g/mol. The largest absolute Gasteiger partial charge is 0.393 e. The molecule has 2 rings (SSSR count). The van der Waals surface area contributed by atoms with Crippen molar-refractivity contribution in [2.24, 2.45) is 5.41 Å². The van der Waals surface area contributed by atoms with Crippen molar-refractivity contribution in [2.45, 2.75) is 46.4 Å². The zero-order valence-electron chi connectivity index (χ0n) is 13.2. The van der Waals surface area contributed by atoms with Crippen LogP contribution in [0.25, 0.3) is 0 Å². The van der Waals surface area contributed by atoms with Crippen molar-refractivity contribution in [3.8, 4) is 0 Å². The van der Waals surface area contributed by atoms with E-state index in [1.807, 2.05) is 6.92 Å². The lowest BCUT2D eigenvalue weighted by molar-refractivity contribution is 0.128. The number of hydrogen-bond donors (Lipinski definition) is 2. The van der Waals surface area contributed by atoms with Crippen molar-refractivity contribution in [1.29, 1.82) is 0 Å². The van der Waals surface area contributed by atoms with Gasteiger partial charge in [-0.25, -0.2) is 0 Å². The summed E-state index contributed by atoms with van der Waals surface area (Å²) in [5.74, 6) is 0. The van der Waals surface area contributed by atoms with E-state index in [2.05, 4.69) is 59.6 Å². The van der Waals surface area contributed by atoms with Crippen LogP contribution in [0.2, 0.25) is 0 Å². The second-order valence-electron chi connectivity index (χ2n) is 6.53. The van der Waals surface area contributed by atoms with Gasteiger partial charge < -0.3 is 15.0 Å². The highest BCUT2D eigenvalue weighted by atomic mass is 32.1. The molecule has 0 radical (unpaired) electrons. The SMILES string of the molecule is CC(O)CC(C)(C)CNCc1cccn1Cc1cccs1. The molecule has 0 saturated heterocycles. The van der Waals surface area contributed by atoms with Crippen LogP contribution in [0.3, 0.4) is 0 Å². The van der Waals surface area contributed by atoms with Gasteiger partial charge in [-0.15, -0.1) is 11.3 Å². The van der Waals surface area contributed by atoms with Crippen molar-refractivity contribution < 1.29 is 5.11 Å². The maximum absolute atomic E-state index is 9.53.